The number of rotatable bonds is 5. The molecule has 2 rings (SSSR count). The summed E-state index contributed by atoms with van der Waals surface area (Å²) in [4.78, 5) is 25.3. The SMILES string of the molecule is CCC1CCC(Nc2ncc([N+](=O)[O-])cc2C(=O)O)C1C. The van der Waals surface area contributed by atoms with E-state index < -0.39 is 10.9 Å². The molecule has 3 unspecified atom stereocenters. The summed E-state index contributed by atoms with van der Waals surface area (Å²) in [5, 5.41) is 23.1. The number of hydrogen-bond donors (Lipinski definition) is 2. The molecule has 114 valence electrons. The third kappa shape index (κ3) is 3.12. The highest BCUT2D eigenvalue weighted by Gasteiger charge is 2.32. The fourth-order valence-corrected chi connectivity index (χ4v) is 3.03. The van der Waals surface area contributed by atoms with Crippen LogP contribution in [-0.4, -0.2) is 27.0 Å². The molecule has 1 saturated carbocycles. The molecule has 0 radical (unpaired) electrons. The highest BCUT2D eigenvalue weighted by atomic mass is 16.6. The molecular formula is C14H19N3O4. The van der Waals surface area contributed by atoms with Crippen molar-refractivity contribution >= 4 is 17.5 Å². The Kier molecular flexibility index (Phi) is 4.40. The minimum Gasteiger partial charge on any atom is -0.478 e. The third-order valence-corrected chi connectivity index (χ3v) is 4.39. The van der Waals surface area contributed by atoms with Crippen molar-refractivity contribution in [1.29, 1.82) is 0 Å². The molecule has 3 atom stereocenters. The van der Waals surface area contributed by atoms with Crippen molar-refractivity contribution in [2.75, 3.05) is 5.32 Å². The highest BCUT2D eigenvalue weighted by Crippen LogP contribution is 2.36. The third-order valence-electron chi connectivity index (χ3n) is 4.39. The van der Waals surface area contributed by atoms with E-state index in [2.05, 4.69) is 24.1 Å². The summed E-state index contributed by atoms with van der Waals surface area (Å²) in [6, 6.07) is 1.20. The maximum absolute atomic E-state index is 11.3. The van der Waals surface area contributed by atoms with Gasteiger partial charge >= 0.3 is 5.97 Å². The van der Waals surface area contributed by atoms with Crippen molar-refractivity contribution in [2.45, 2.75) is 39.2 Å². The molecular weight excluding hydrogens is 274 g/mol. The lowest BCUT2D eigenvalue weighted by molar-refractivity contribution is -0.385. The summed E-state index contributed by atoms with van der Waals surface area (Å²) in [5.41, 5.74) is -0.472. The number of nitro groups is 1. The molecule has 7 heteroatoms. The Labute approximate surface area is 122 Å². The molecule has 0 spiro atoms. The second-order valence-corrected chi connectivity index (χ2v) is 5.51. The predicted molar refractivity (Wildman–Crippen MR) is 77.4 cm³/mol. The van der Waals surface area contributed by atoms with Gasteiger partial charge in [0.1, 0.15) is 17.6 Å². The molecule has 1 aromatic heterocycles. The van der Waals surface area contributed by atoms with E-state index in [0.29, 0.717) is 11.8 Å². The van der Waals surface area contributed by atoms with Crippen LogP contribution in [0, 0.1) is 22.0 Å². The van der Waals surface area contributed by atoms with Crippen molar-refractivity contribution in [3.05, 3.63) is 27.9 Å². The van der Waals surface area contributed by atoms with Crippen molar-refractivity contribution in [3.63, 3.8) is 0 Å². The molecule has 0 aromatic carbocycles. The summed E-state index contributed by atoms with van der Waals surface area (Å²) in [6.07, 6.45) is 4.24. The first-order chi connectivity index (χ1) is 9.93. The summed E-state index contributed by atoms with van der Waals surface area (Å²) in [7, 11) is 0. The standard InChI is InChI=1S/C14H19N3O4/c1-3-9-4-5-12(8(9)2)16-13-11(14(18)19)6-10(7-15-13)17(20)21/h6-9,12H,3-5H2,1-2H3,(H,15,16)(H,18,19). The summed E-state index contributed by atoms with van der Waals surface area (Å²) < 4.78 is 0. The summed E-state index contributed by atoms with van der Waals surface area (Å²) in [6.45, 7) is 4.29. The van der Waals surface area contributed by atoms with E-state index in [-0.39, 0.29) is 23.1 Å². The smallest absolute Gasteiger partial charge is 0.339 e. The molecule has 1 fully saturated rings. The lowest BCUT2D eigenvalue weighted by Gasteiger charge is -2.22. The first-order valence-electron chi connectivity index (χ1n) is 7.08. The van der Waals surface area contributed by atoms with Crippen LogP contribution >= 0.6 is 0 Å². The Balaban J connectivity index is 2.24. The van der Waals surface area contributed by atoms with Crippen LogP contribution in [0.5, 0.6) is 0 Å². The number of carboxylic acid groups (broad SMARTS) is 1. The Morgan fingerprint density at radius 3 is 2.81 bits per heavy atom. The van der Waals surface area contributed by atoms with Gasteiger partial charge in [-0.3, -0.25) is 10.1 Å². The average molecular weight is 293 g/mol. The van der Waals surface area contributed by atoms with Crippen LogP contribution in [0.3, 0.4) is 0 Å². The lowest BCUT2D eigenvalue weighted by Crippen LogP contribution is -2.26. The molecule has 0 saturated heterocycles. The van der Waals surface area contributed by atoms with Crippen molar-refractivity contribution in [1.82, 2.24) is 4.98 Å². The van der Waals surface area contributed by atoms with Gasteiger partial charge < -0.3 is 10.4 Å². The number of carbonyl (C=O) groups is 1. The minimum absolute atomic E-state index is 0.155. The fourth-order valence-electron chi connectivity index (χ4n) is 3.03. The Morgan fingerprint density at radius 2 is 2.29 bits per heavy atom. The van der Waals surface area contributed by atoms with Gasteiger partial charge in [0.25, 0.3) is 5.69 Å². The van der Waals surface area contributed by atoms with Crippen LogP contribution in [0.4, 0.5) is 11.5 Å². The van der Waals surface area contributed by atoms with Gasteiger partial charge in [0, 0.05) is 12.1 Å². The Morgan fingerprint density at radius 1 is 1.57 bits per heavy atom. The molecule has 21 heavy (non-hydrogen) atoms. The van der Waals surface area contributed by atoms with E-state index >= 15 is 0 Å². The topological polar surface area (TPSA) is 105 Å². The van der Waals surface area contributed by atoms with Crippen molar-refractivity contribution in [2.24, 2.45) is 11.8 Å². The van der Waals surface area contributed by atoms with Gasteiger partial charge in [-0.05, 0) is 24.7 Å². The quantitative estimate of drug-likeness (QED) is 0.638. The maximum Gasteiger partial charge on any atom is 0.339 e. The van der Waals surface area contributed by atoms with Gasteiger partial charge in [0.15, 0.2) is 0 Å². The van der Waals surface area contributed by atoms with Gasteiger partial charge in [-0.15, -0.1) is 0 Å². The van der Waals surface area contributed by atoms with Gasteiger partial charge in [0.2, 0.25) is 0 Å². The second-order valence-electron chi connectivity index (χ2n) is 5.51. The average Bonchev–Trinajstić information content (AvgIpc) is 2.79. The van der Waals surface area contributed by atoms with Crippen LogP contribution < -0.4 is 5.32 Å². The number of carboxylic acids is 1. The largest absolute Gasteiger partial charge is 0.478 e. The summed E-state index contributed by atoms with van der Waals surface area (Å²) in [5.74, 6) is 0.0376. The summed E-state index contributed by atoms with van der Waals surface area (Å²) >= 11 is 0. The van der Waals surface area contributed by atoms with Crippen LogP contribution in [0.25, 0.3) is 0 Å². The number of aromatic nitrogens is 1. The first kappa shape index (κ1) is 15.2. The minimum atomic E-state index is -1.22. The number of pyridine rings is 1. The molecule has 1 aliphatic rings. The number of nitrogens with one attached hydrogen (secondary N) is 1. The van der Waals surface area contributed by atoms with Gasteiger partial charge in [-0.2, -0.15) is 0 Å². The molecule has 2 N–H and O–H groups in total. The second kappa shape index (κ2) is 6.07. The molecule has 1 aromatic rings. The van der Waals surface area contributed by atoms with Crippen LogP contribution in [0.1, 0.15) is 43.5 Å². The zero-order valence-corrected chi connectivity index (χ0v) is 12.1. The van der Waals surface area contributed by atoms with Gasteiger partial charge in [-0.25, -0.2) is 9.78 Å². The lowest BCUT2D eigenvalue weighted by atomic mass is 9.93. The molecule has 0 amide bonds. The predicted octanol–water partition coefficient (Wildman–Crippen LogP) is 2.92. The number of hydrogen-bond acceptors (Lipinski definition) is 5. The van der Waals surface area contributed by atoms with Gasteiger partial charge in [-0.1, -0.05) is 20.3 Å². The van der Waals surface area contributed by atoms with E-state index in [0.717, 1.165) is 31.5 Å². The molecule has 0 bridgehead atoms. The van der Waals surface area contributed by atoms with Crippen LogP contribution in [-0.2, 0) is 0 Å². The number of aromatic carboxylic acids is 1. The Hall–Kier alpha value is -2.18. The van der Waals surface area contributed by atoms with Crippen LogP contribution in [0.2, 0.25) is 0 Å². The molecule has 1 heterocycles. The monoisotopic (exact) mass is 293 g/mol. The van der Waals surface area contributed by atoms with E-state index in [4.69, 9.17) is 0 Å². The van der Waals surface area contributed by atoms with E-state index in [1.807, 2.05) is 0 Å². The molecule has 7 nitrogen and oxygen atoms in total. The van der Waals surface area contributed by atoms with Gasteiger partial charge in [0.05, 0.1) is 4.92 Å². The molecule has 0 aliphatic heterocycles. The normalized spacial score (nSPS) is 24.8. The van der Waals surface area contributed by atoms with E-state index in [1.54, 1.807) is 0 Å². The Bertz CT molecular complexity index is 561. The fraction of sp³-hybridized carbons (Fsp3) is 0.571. The number of nitrogens with zero attached hydrogens (tertiary/aromatic N) is 2. The maximum atomic E-state index is 11.3. The first-order valence-corrected chi connectivity index (χ1v) is 7.08. The molecule has 1 aliphatic carbocycles. The van der Waals surface area contributed by atoms with Crippen molar-refractivity contribution < 1.29 is 14.8 Å². The zero-order valence-electron chi connectivity index (χ0n) is 12.1. The number of anilines is 1. The zero-order chi connectivity index (χ0) is 15.6. The van der Waals surface area contributed by atoms with E-state index in [1.165, 1.54) is 0 Å². The van der Waals surface area contributed by atoms with E-state index in [9.17, 15) is 20.0 Å². The van der Waals surface area contributed by atoms with Crippen molar-refractivity contribution in [3.8, 4) is 0 Å². The highest BCUT2D eigenvalue weighted by molar-refractivity contribution is 5.93. The van der Waals surface area contributed by atoms with Crippen LogP contribution in [0.15, 0.2) is 12.3 Å².